The maximum atomic E-state index is 13.7. The van der Waals surface area contributed by atoms with Crippen LogP contribution in [0.5, 0.6) is 5.75 Å². The molecule has 2 aromatic heterocycles. The largest absolute Gasteiger partial charge is 0.497 e. The number of ether oxygens (including phenoxy) is 1. The van der Waals surface area contributed by atoms with Crippen LogP contribution in [0.15, 0.2) is 82.8 Å². The predicted octanol–water partition coefficient (Wildman–Crippen LogP) is 5.60. The predicted molar refractivity (Wildman–Crippen MR) is 138 cm³/mol. The number of furan rings is 1. The number of thiophene rings is 1. The first-order chi connectivity index (χ1) is 16.9. The van der Waals surface area contributed by atoms with Crippen LogP contribution in [0.3, 0.4) is 0 Å². The van der Waals surface area contributed by atoms with Gasteiger partial charge in [-0.15, -0.1) is 11.3 Å². The van der Waals surface area contributed by atoms with Crippen LogP contribution in [0.2, 0.25) is 0 Å². The van der Waals surface area contributed by atoms with Gasteiger partial charge in [-0.1, -0.05) is 24.3 Å². The molecule has 2 aromatic carbocycles. The van der Waals surface area contributed by atoms with Gasteiger partial charge in [0.05, 0.1) is 19.8 Å². The standard InChI is InChI=1S/C28H28N2O4S/c1-19-14-20(2)16-22(15-19)30(26(31)17-24-6-5-13-35-24)27(25-7-4-12-34-25)28(32)29-18-21-8-10-23(33-3)11-9-21/h4-16,27H,17-18H2,1-3H3,(H,29,32)/t27-/m0/s1. The van der Waals surface area contributed by atoms with E-state index in [4.69, 9.17) is 9.15 Å². The van der Waals surface area contributed by atoms with Gasteiger partial charge in [0.25, 0.3) is 5.91 Å². The smallest absolute Gasteiger partial charge is 0.251 e. The lowest BCUT2D eigenvalue weighted by Crippen LogP contribution is -2.44. The number of methoxy groups -OCH3 is 1. The lowest BCUT2D eigenvalue weighted by Gasteiger charge is -2.30. The van der Waals surface area contributed by atoms with Gasteiger partial charge in [-0.25, -0.2) is 0 Å². The monoisotopic (exact) mass is 488 g/mol. The first kappa shape index (κ1) is 24.3. The van der Waals surface area contributed by atoms with Crippen LogP contribution in [-0.2, 0) is 22.6 Å². The van der Waals surface area contributed by atoms with Gasteiger partial charge in [-0.3, -0.25) is 14.5 Å². The number of amides is 2. The van der Waals surface area contributed by atoms with Crippen molar-refractivity contribution in [1.82, 2.24) is 5.32 Å². The summed E-state index contributed by atoms with van der Waals surface area (Å²) in [5.41, 5.74) is 3.58. The Labute approximate surface area is 209 Å². The zero-order valence-corrected chi connectivity index (χ0v) is 20.8. The molecule has 7 heteroatoms. The highest BCUT2D eigenvalue weighted by molar-refractivity contribution is 7.10. The Balaban J connectivity index is 1.68. The van der Waals surface area contributed by atoms with Crippen LogP contribution in [0.25, 0.3) is 0 Å². The maximum absolute atomic E-state index is 13.7. The Morgan fingerprint density at radius 3 is 2.37 bits per heavy atom. The summed E-state index contributed by atoms with van der Waals surface area (Å²) in [6, 6.07) is 19.7. The molecule has 4 rings (SSSR count). The number of hydrogen-bond acceptors (Lipinski definition) is 5. The fourth-order valence-electron chi connectivity index (χ4n) is 4.02. The summed E-state index contributed by atoms with van der Waals surface area (Å²) in [6.45, 7) is 4.26. The summed E-state index contributed by atoms with van der Waals surface area (Å²) >= 11 is 1.52. The summed E-state index contributed by atoms with van der Waals surface area (Å²) in [5, 5.41) is 4.93. The minimum absolute atomic E-state index is 0.182. The highest BCUT2D eigenvalue weighted by atomic mass is 32.1. The molecule has 0 fully saturated rings. The van der Waals surface area contributed by atoms with Crippen molar-refractivity contribution in [2.24, 2.45) is 0 Å². The molecular weight excluding hydrogens is 460 g/mol. The Hall–Kier alpha value is -3.84. The lowest BCUT2D eigenvalue weighted by molar-refractivity contribution is -0.127. The number of nitrogens with one attached hydrogen (secondary N) is 1. The molecule has 2 amide bonds. The van der Waals surface area contributed by atoms with Gasteiger partial charge in [0.2, 0.25) is 5.91 Å². The quantitative estimate of drug-likeness (QED) is 0.333. The van der Waals surface area contributed by atoms with Gasteiger partial charge in [0, 0.05) is 17.1 Å². The third kappa shape index (κ3) is 6.00. The molecule has 0 aliphatic heterocycles. The second-order valence-corrected chi connectivity index (χ2v) is 9.38. The van der Waals surface area contributed by atoms with Crippen molar-refractivity contribution in [2.45, 2.75) is 32.9 Å². The summed E-state index contributed by atoms with van der Waals surface area (Å²) < 4.78 is 10.9. The third-order valence-corrected chi connectivity index (χ3v) is 6.48. The normalized spacial score (nSPS) is 11.6. The van der Waals surface area contributed by atoms with E-state index in [9.17, 15) is 9.59 Å². The van der Waals surface area contributed by atoms with E-state index in [1.807, 2.05) is 73.8 Å². The number of rotatable bonds is 9. The van der Waals surface area contributed by atoms with Crippen LogP contribution in [-0.4, -0.2) is 18.9 Å². The summed E-state index contributed by atoms with van der Waals surface area (Å²) in [7, 11) is 1.61. The highest BCUT2D eigenvalue weighted by Crippen LogP contribution is 2.31. The molecule has 0 spiro atoms. The van der Waals surface area contributed by atoms with Crippen molar-refractivity contribution < 1.29 is 18.7 Å². The number of nitrogens with zero attached hydrogens (tertiary/aromatic N) is 1. The van der Waals surface area contributed by atoms with Crippen molar-refractivity contribution in [3.8, 4) is 5.75 Å². The zero-order chi connectivity index (χ0) is 24.8. The maximum Gasteiger partial charge on any atom is 0.251 e. The molecule has 0 bridgehead atoms. The van der Waals surface area contributed by atoms with Gasteiger partial charge in [0.1, 0.15) is 11.5 Å². The average Bonchev–Trinajstić information content (AvgIpc) is 3.55. The van der Waals surface area contributed by atoms with Gasteiger partial charge >= 0.3 is 0 Å². The Morgan fingerprint density at radius 1 is 1.03 bits per heavy atom. The van der Waals surface area contributed by atoms with E-state index in [0.717, 1.165) is 27.3 Å². The molecule has 0 unspecified atom stereocenters. The van der Waals surface area contributed by atoms with Crippen LogP contribution < -0.4 is 15.0 Å². The van der Waals surface area contributed by atoms with Crippen LogP contribution in [0.1, 0.15) is 33.4 Å². The van der Waals surface area contributed by atoms with E-state index in [-0.39, 0.29) is 18.2 Å². The van der Waals surface area contributed by atoms with E-state index in [1.165, 1.54) is 17.6 Å². The van der Waals surface area contributed by atoms with Crippen molar-refractivity contribution in [1.29, 1.82) is 0 Å². The molecule has 1 N–H and O–H groups in total. The molecule has 4 aromatic rings. The summed E-state index contributed by atoms with van der Waals surface area (Å²) in [4.78, 5) is 29.8. The van der Waals surface area contributed by atoms with Crippen molar-refractivity contribution in [3.63, 3.8) is 0 Å². The fourth-order valence-corrected chi connectivity index (χ4v) is 4.72. The highest BCUT2D eigenvalue weighted by Gasteiger charge is 2.35. The number of carbonyl (C=O) groups excluding carboxylic acids is 2. The minimum atomic E-state index is -0.961. The van der Waals surface area contributed by atoms with Gasteiger partial charge < -0.3 is 14.5 Å². The minimum Gasteiger partial charge on any atom is -0.497 e. The molecule has 0 aliphatic rings. The molecule has 6 nitrogen and oxygen atoms in total. The fraction of sp³-hybridized carbons (Fsp3) is 0.214. The number of hydrogen-bond donors (Lipinski definition) is 1. The molecule has 35 heavy (non-hydrogen) atoms. The first-order valence-corrected chi connectivity index (χ1v) is 12.2. The van der Waals surface area contributed by atoms with E-state index in [0.29, 0.717) is 18.0 Å². The molecule has 0 aliphatic carbocycles. The third-order valence-electron chi connectivity index (χ3n) is 5.60. The summed E-state index contributed by atoms with van der Waals surface area (Å²) in [5.74, 6) is 0.637. The number of anilines is 1. The molecule has 1 atom stereocenters. The van der Waals surface area contributed by atoms with Crippen LogP contribution >= 0.6 is 11.3 Å². The SMILES string of the molecule is COc1ccc(CNC(=O)[C@H](c2ccco2)N(C(=O)Cc2cccs2)c2cc(C)cc(C)c2)cc1. The van der Waals surface area contributed by atoms with Crippen molar-refractivity contribution in [3.05, 3.63) is 106 Å². The Morgan fingerprint density at radius 2 is 1.77 bits per heavy atom. The topological polar surface area (TPSA) is 71.8 Å². The van der Waals surface area contributed by atoms with Gasteiger partial charge in [-0.2, -0.15) is 0 Å². The molecule has 0 radical (unpaired) electrons. The Bertz CT molecular complexity index is 1240. The molecular formula is C28H28N2O4S. The second-order valence-electron chi connectivity index (χ2n) is 8.35. The van der Waals surface area contributed by atoms with E-state index >= 15 is 0 Å². The summed E-state index contributed by atoms with van der Waals surface area (Å²) in [6.07, 6.45) is 1.70. The van der Waals surface area contributed by atoms with Crippen molar-refractivity contribution >= 4 is 28.8 Å². The second kappa shape index (κ2) is 11.1. The van der Waals surface area contributed by atoms with E-state index < -0.39 is 6.04 Å². The number of aryl methyl sites for hydroxylation is 2. The number of carbonyl (C=O) groups is 2. The molecule has 0 saturated heterocycles. The zero-order valence-electron chi connectivity index (χ0n) is 20.0. The van der Waals surface area contributed by atoms with Crippen LogP contribution in [0, 0.1) is 13.8 Å². The van der Waals surface area contributed by atoms with Gasteiger partial charge in [0.15, 0.2) is 6.04 Å². The lowest BCUT2D eigenvalue weighted by atomic mass is 10.1. The van der Waals surface area contributed by atoms with E-state index in [1.54, 1.807) is 24.1 Å². The molecule has 2 heterocycles. The Kier molecular flexibility index (Phi) is 7.67. The molecule has 0 saturated carbocycles. The number of benzene rings is 2. The average molecular weight is 489 g/mol. The van der Waals surface area contributed by atoms with Gasteiger partial charge in [-0.05, 0) is 78.4 Å². The van der Waals surface area contributed by atoms with E-state index in [2.05, 4.69) is 5.32 Å². The van der Waals surface area contributed by atoms with Crippen molar-refractivity contribution in [2.75, 3.05) is 12.0 Å². The molecule has 180 valence electrons. The van der Waals surface area contributed by atoms with Crippen LogP contribution in [0.4, 0.5) is 5.69 Å². The first-order valence-electron chi connectivity index (χ1n) is 11.3.